The van der Waals surface area contributed by atoms with E-state index >= 15 is 0 Å². The molecule has 0 aromatic carbocycles. The predicted molar refractivity (Wildman–Crippen MR) is 97.0 cm³/mol. The number of carboxylic acids is 1. The number of carbonyl (C=O) groups excluding carboxylic acids is 2. The minimum absolute atomic E-state index is 0.129. The van der Waals surface area contributed by atoms with Crippen LogP contribution in [0.15, 0.2) is 12.2 Å². The molecule has 0 aromatic heterocycles. The molecule has 0 saturated heterocycles. The maximum atomic E-state index is 12.8. The van der Waals surface area contributed by atoms with Crippen LogP contribution in [0.1, 0.15) is 59.3 Å². The van der Waals surface area contributed by atoms with E-state index in [0.717, 1.165) is 25.7 Å². The lowest BCUT2D eigenvalue weighted by Gasteiger charge is -2.34. The first-order valence-corrected chi connectivity index (χ1v) is 9.05. The number of nitrogens with one attached hydrogen (secondary N) is 1. The zero-order valence-electron chi connectivity index (χ0n) is 15.9. The van der Waals surface area contributed by atoms with Gasteiger partial charge < -0.3 is 15.3 Å². The van der Waals surface area contributed by atoms with Gasteiger partial charge in [0.2, 0.25) is 11.8 Å². The highest BCUT2D eigenvalue weighted by atomic mass is 16.4. The molecule has 6 nitrogen and oxygen atoms in total. The van der Waals surface area contributed by atoms with E-state index in [1.165, 1.54) is 0 Å². The molecule has 0 saturated carbocycles. The molecule has 2 atom stereocenters. The van der Waals surface area contributed by atoms with Crippen LogP contribution in [0, 0.1) is 11.3 Å². The summed E-state index contributed by atoms with van der Waals surface area (Å²) in [6.07, 6.45) is 7.84. The van der Waals surface area contributed by atoms with Gasteiger partial charge in [0.25, 0.3) is 0 Å². The summed E-state index contributed by atoms with van der Waals surface area (Å²) in [5, 5.41) is 11.9. The molecule has 142 valence electrons. The van der Waals surface area contributed by atoms with E-state index in [4.69, 9.17) is 5.11 Å². The van der Waals surface area contributed by atoms with Crippen molar-refractivity contribution in [1.82, 2.24) is 10.2 Å². The second kappa shape index (κ2) is 9.59. The topological polar surface area (TPSA) is 86.7 Å². The number of hydrogen-bond acceptors (Lipinski definition) is 3. The Morgan fingerprint density at radius 2 is 1.84 bits per heavy atom. The van der Waals surface area contributed by atoms with Gasteiger partial charge in [0.05, 0.1) is 6.42 Å². The lowest BCUT2D eigenvalue weighted by molar-refractivity contribution is -0.143. The van der Waals surface area contributed by atoms with E-state index in [1.807, 2.05) is 20.8 Å². The highest BCUT2D eigenvalue weighted by Gasteiger charge is 2.36. The molecule has 1 aliphatic heterocycles. The van der Waals surface area contributed by atoms with E-state index < -0.39 is 23.3 Å². The van der Waals surface area contributed by atoms with Crippen LogP contribution in [0.3, 0.4) is 0 Å². The van der Waals surface area contributed by atoms with Gasteiger partial charge in [-0.1, -0.05) is 32.9 Å². The van der Waals surface area contributed by atoms with Crippen LogP contribution in [-0.4, -0.2) is 47.4 Å². The third-order valence-corrected chi connectivity index (χ3v) is 4.52. The number of rotatable bonds is 2. The Hall–Kier alpha value is -1.85. The number of carboxylic acid groups (broad SMARTS) is 1. The Morgan fingerprint density at radius 1 is 1.24 bits per heavy atom. The van der Waals surface area contributed by atoms with Crippen LogP contribution in [0.25, 0.3) is 0 Å². The van der Waals surface area contributed by atoms with Crippen LogP contribution in [0.5, 0.6) is 0 Å². The van der Waals surface area contributed by atoms with Crippen molar-refractivity contribution >= 4 is 17.8 Å². The van der Waals surface area contributed by atoms with Crippen LogP contribution >= 0.6 is 0 Å². The molecule has 0 spiro atoms. The van der Waals surface area contributed by atoms with Gasteiger partial charge in [-0.2, -0.15) is 0 Å². The van der Waals surface area contributed by atoms with Crippen molar-refractivity contribution in [2.45, 2.75) is 65.3 Å². The third-order valence-electron chi connectivity index (χ3n) is 4.52. The number of allylic oxidation sites excluding steroid dienone is 2. The van der Waals surface area contributed by atoms with E-state index in [1.54, 1.807) is 11.9 Å². The van der Waals surface area contributed by atoms with Crippen molar-refractivity contribution in [3.8, 4) is 0 Å². The monoisotopic (exact) mass is 352 g/mol. The molecular formula is C19H32N2O4. The molecule has 25 heavy (non-hydrogen) atoms. The first-order valence-electron chi connectivity index (χ1n) is 9.05. The minimum atomic E-state index is -0.993. The van der Waals surface area contributed by atoms with E-state index in [0.29, 0.717) is 13.0 Å². The Labute approximate surface area is 150 Å². The average molecular weight is 352 g/mol. The van der Waals surface area contributed by atoms with Gasteiger partial charge in [-0.05, 0) is 37.5 Å². The van der Waals surface area contributed by atoms with Gasteiger partial charge in [-0.3, -0.25) is 14.4 Å². The summed E-state index contributed by atoms with van der Waals surface area (Å²) in [5.41, 5.74) is -0.453. The maximum Gasteiger partial charge on any atom is 0.304 e. The molecule has 1 rings (SSSR count). The van der Waals surface area contributed by atoms with Crippen molar-refractivity contribution in [2.75, 3.05) is 13.6 Å². The van der Waals surface area contributed by atoms with Crippen molar-refractivity contribution in [2.24, 2.45) is 11.3 Å². The van der Waals surface area contributed by atoms with Crippen LogP contribution < -0.4 is 5.32 Å². The standard InChI is InChI=1S/C19H32N2O4/c1-19(2,3)16-18(25)21(4)12-10-8-6-5-7-9-11-14(13-15(22)23)17(24)20-16/h5-6,14,16H,7-13H2,1-4H3,(H,20,24)(H,22,23)/b6-5+/t14-,16-/m1/s1. The second-order valence-electron chi connectivity index (χ2n) is 7.91. The lowest BCUT2D eigenvalue weighted by Crippen LogP contribution is -2.55. The fourth-order valence-electron chi connectivity index (χ4n) is 2.94. The molecule has 0 radical (unpaired) electrons. The quantitative estimate of drug-likeness (QED) is 0.748. The number of aliphatic carboxylic acids is 1. The highest BCUT2D eigenvalue weighted by Crippen LogP contribution is 2.23. The van der Waals surface area contributed by atoms with Crippen LogP contribution in [-0.2, 0) is 14.4 Å². The molecule has 2 amide bonds. The number of carbonyl (C=O) groups is 3. The lowest BCUT2D eigenvalue weighted by atomic mass is 9.85. The van der Waals surface area contributed by atoms with Gasteiger partial charge in [0.15, 0.2) is 0 Å². The van der Waals surface area contributed by atoms with Gasteiger partial charge in [0, 0.05) is 19.5 Å². The molecule has 0 unspecified atom stereocenters. The SMILES string of the molecule is CN1CCC/C=C/CCC[C@H](CC(=O)O)C(=O)N[C@@H](C(C)(C)C)C1=O. The first-order chi connectivity index (χ1) is 11.6. The molecule has 0 aromatic rings. The smallest absolute Gasteiger partial charge is 0.304 e. The molecular weight excluding hydrogens is 320 g/mol. The summed E-state index contributed by atoms with van der Waals surface area (Å²) in [6, 6.07) is -0.667. The van der Waals surface area contributed by atoms with Gasteiger partial charge in [-0.25, -0.2) is 0 Å². The highest BCUT2D eigenvalue weighted by molar-refractivity contribution is 5.90. The predicted octanol–water partition coefficient (Wildman–Crippen LogP) is 2.59. The van der Waals surface area contributed by atoms with Gasteiger partial charge >= 0.3 is 5.97 Å². The van der Waals surface area contributed by atoms with Gasteiger partial charge in [0.1, 0.15) is 6.04 Å². The molecule has 0 bridgehead atoms. The Morgan fingerprint density at radius 3 is 2.40 bits per heavy atom. The fourth-order valence-corrected chi connectivity index (χ4v) is 2.94. The average Bonchev–Trinajstić information content (AvgIpc) is 2.50. The molecule has 2 N–H and O–H groups in total. The molecule has 1 aliphatic rings. The molecule has 0 fully saturated rings. The zero-order chi connectivity index (χ0) is 19.0. The summed E-state index contributed by atoms with van der Waals surface area (Å²) in [5.74, 6) is -2.08. The molecule has 6 heteroatoms. The summed E-state index contributed by atoms with van der Waals surface area (Å²) < 4.78 is 0. The van der Waals surface area contributed by atoms with Crippen molar-refractivity contribution in [3.63, 3.8) is 0 Å². The summed E-state index contributed by atoms with van der Waals surface area (Å²) >= 11 is 0. The fraction of sp³-hybridized carbons (Fsp3) is 0.737. The Balaban J connectivity index is 3.04. The molecule has 1 heterocycles. The first kappa shape index (κ1) is 21.2. The summed E-state index contributed by atoms with van der Waals surface area (Å²) in [4.78, 5) is 38.2. The van der Waals surface area contributed by atoms with Crippen LogP contribution in [0.4, 0.5) is 0 Å². The van der Waals surface area contributed by atoms with E-state index in [9.17, 15) is 14.4 Å². The number of amides is 2. The van der Waals surface area contributed by atoms with Crippen molar-refractivity contribution in [3.05, 3.63) is 12.2 Å². The number of hydrogen-bond donors (Lipinski definition) is 2. The third kappa shape index (κ3) is 7.28. The van der Waals surface area contributed by atoms with Crippen molar-refractivity contribution in [1.29, 1.82) is 0 Å². The summed E-state index contributed by atoms with van der Waals surface area (Å²) in [6.45, 7) is 6.34. The van der Waals surface area contributed by atoms with E-state index in [2.05, 4.69) is 17.5 Å². The second-order valence-corrected chi connectivity index (χ2v) is 7.91. The maximum absolute atomic E-state index is 12.8. The van der Waals surface area contributed by atoms with Crippen molar-refractivity contribution < 1.29 is 19.5 Å². The Kier molecular flexibility index (Phi) is 8.13. The normalized spacial score (nSPS) is 25.8. The Bertz CT molecular complexity index is 508. The largest absolute Gasteiger partial charge is 0.481 e. The van der Waals surface area contributed by atoms with Crippen LogP contribution in [0.2, 0.25) is 0 Å². The zero-order valence-corrected chi connectivity index (χ0v) is 15.9. The van der Waals surface area contributed by atoms with Gasteiger partial charge in [-0.15, -0.1) is 0 Å². The minimum Gasteiger partial charge on any atom is -0.481 e. The van der Waals surface area contributed by atoms with E-state index in [-0.39, 0.29) is 18.2 Å². The number of likely N-dealkylation sites (N-methyl/N-ethyl adjacent to an activating group) is 1. The molecule has 0 aliphatic carbocycles. The number of nitrogens with zero attached hydrogens (tertiary/aromatic N) is 1. The summed E-state index contributed by atoms with van der Waals surface area (Å²) in [7, 11) is 1.75.